The van der Waals surface area contributed by atoms with Gasteiger partial charge in [-0.1, -0.05) is 111 Å². The second kappa shape index (κ2) is 16.9. The molecule has 0 bridgehead atoms. The molecule has 0 saturated carbocycles. The van der Waals surface area contributed by atoms with Crippen molar-refractivity contribution in [2.24, 2.45) is 0 Å². The van der Waals surface area contributed by atoms with Gasteiger partial charge in [-0.05, 0) is 60.0 Å². The number of rotatable bonds is 6. The summed E-state index contributed by atoms with van der Waals surface area (Å²) in [6.07, 6.45) is 0. The highest BCUT2D eigenvalue weighted by Crippen LogP contribution is 2.44. The van der Waals surface area contributed by atoms with E-state index in [1.807, 2.05) is 54.6 Å². The number of hydrogen-bond acceptors (Lipinski definition) is 7. The summed E-state index contributed by atoms with van der Waals surface area (Å²) < 4.78 is 50.8. The molecule has 9 heteroatoms. The molecule has 1 heterocycles. The Morgan fingerprint density at radius 2 is 1.06 bits per heavy atom. The maximum absolute atomic E-state index is 12.6. The molecule has 0 spiro atoms. The average Bonchev–Trinajstić information content (AvgIpc) is 3.17. The summed E-state index contributed by atoms with van der Waals surface area (Å²) in [7, 11) is -1.69. The number of benzene rings is 7. The molecular weight excluding hydrogens is 816 g/mol. The SMILES string of the molecule is CC(C)c1cccc2sc3ccccc3c(=O)c12.COc1c2ccccc2c(OC)c2c(S(=O)(=O)[O-])cccc12.c1ccc([I+]c2ccccc2)cc1. The minimum absolute atomic E-state index is 0.0287. The van der Waals surface area contributed by atoms with E-state index in [9.17, 15) is 17.8 Å². The van der Waals surface area contributed by atoms with Gasteiger partial charge in [-0.15, -0.1) is 11.3 Å². The van der Waals surface area contributed by atoms with Gasteiger partial charge in [-0.2, -0.15) is 0 Å². The third kappa shape index (κ3) is 8.39. The molecule has 0 fully saturated rings. The van der Waals surface area contributed by atoms with E-state index in [2.05, 4.69) is 80.6 Å². The maximum atomic E-state index is 12.6. The van der Waals surface area contributed by atoms with Crippen molar-refractivity contribution in [3.8, 4) is 11.5 Å². The molecule has 0 saturated heterocycles. The van der Waals surface area contributed by atoms with Crippen LogP contribution >= 0.6 is 11.3 Å². The van der Waals surface area contributed by atoms with Crippen LogP contribution in [-0.4, -0.2) is 27.2 Å². The van der Waals surface area contributed by atoms with Crippen LogP contribution in [-0.2, 0) is 10.1 Å². The van der Waals surface area contributed by atoms with Gasteiger partial charge in [0.1, 0.15) is 21.6 Å². The van der Waals surface area contributed by atoms with Crippen LogP contribution in [0.3, 0.4) is 0 Å². The zero-order valence-electron chi connectivity index (χ0n) is 29.6. The van der Waals surface area contributed by atoms with Crippen molar-refractivity contribution in [1.29, 1.82) is 0 Å². The summed E-state index contributed by atoms with van der Waals surface area (Å²) >= 11 is 1.73. The Kier molecular flexibility index (Phi) is 12.1. The van der Waals surface area contributed by atoms with Gasteiger partial charge in [0.2, 0.25) is 0 Å². The Balaban J connectivity index is 0.000000140. The van der Waals surface area contributed by atoms with Crippen LogP contribution in [0.15, 0.2) is 155 Å². The van der Waals surface area contributed by atoms with Crippen LogP contribution < -0.4 is 36.1 Å². The highest BCUT2D eigenvalue weighted by atomic mass is 127. The zero-order valence-corrected chi connectivity index (χ0v) is 33.4. The van der Waals surface area contributed by atoms with Crippen LogP contribution in [0.5, 0.6) is 11.5 Å². The Bertz CT molecular complexity index is 2660. The smallest absolute Gasteiger partial charge is 0.357 e. The number of fused-ring (bicyclic) bond motifs is 4. The Morgan fingerprint density at radius 1 is 0.566 bits per heavy atom. The first-order valence-electron chi connectivity index (χ1n) is 16.8. The van der Waals surface area contributed by atoms with Crippen molar-refractivity contribution in [3.63, 3.8) is 0 Å². The van der Waals surface area contributed by atoms with Crippen LogP contribution in [0, 0.1) is 7.14 Å². The molecule has 0 amide bonds. The molecule has 8 rings (SSSR count). The van der Waals surface area contributed by atoms with E-state index >= 15 is 0 Å². The molecule has 0 unspecified atom stereocenters. The fourth-order valence-corrected chi connectivity index (χ4v) is 10.3. The lowest BCUT2D eigenvalue weighted by atomic mass is 9.98. The average molecular weight is 853 g/mol. The summed E-state index contributed by atoms with van der Waals surface area (Å²) in [6, 6.07) is 47.2. The molecule has 6 nitrogen and oxygen atoms in total. The predicted molar refractivity (Wildman–Crippen MR) is 212 cm³/mol. The molecule has 0 radical (unpaired) electrons. The molecule has 0 aliphatic rings. The van der Waals surface area contributed by atoms with Crippen LogP contribution in [0.1, 0.15) is 25.3 Å². The topological polar surface area (TPSA) is 92.7 Å². The summed E-state index contributed by atoms with van der Waals surface area (Å²) in [5.74, 6) is 1.23. The minimum Gasteiger partial charge on any atom is -0.744 e. The summed E-state index contributed by atoms with van der Waals surface area (Å²) in [4.78, 5) is 12.3. The fourth-order valence-electron chi connectivity index (χ4n) is 6.19. The Morgan fingerprint density at radius 3 is 1.62 bits per heavy atom. The van der Waals surface area contributed by atoms with Crippen molar-refractivity contribution in [3.05, 3.63) is 169 Å². The van der Waals surface area contributed by atoms with Gasteiger partial charge < -0.3 is 14.0 Å². The Hall–Kier alpha value is -4.81. The van der Waals surface area contributed by atoms with Gasteiger partial charge in [0, 0.05) is 41.7 Å². The van der Waals surface area contributed by atoms with Crippen molar-refractivity contribution in [2.75, 3.05) is 14.2 Å². The van der Waals surface area contributed by atoms with E-state index in [0.29, 0.717) is 28.2 Å². The van der Waals surface area contributed by atoms with E-state index in [1.165, 1.54) is 33.5 Å². The molecule has 0 N–H and O–H groups in total. The van der Waals surface area contributed by atoms with Gasteiger partial charge in [-0.3, -0.25) is 4.79 Å². The lowest BCUT2D eigenvalue weighted by molar-refractivity contribution is -0.597. The monoisotopic (exact) mass is 852 g/mol. The van der Waals surface area contributed by atoms with Crippen LogP contribution in [0.4, 0.5) is 0 Å². The van der Waals surface area contributed by atoms with E-state index in [-0.39, 0.29) is 36.9 Å². The van der Waals surface area contributed by atoms with Crippen molar-refractivity contribution in [1.82, 2.24) is 0 Å². The molecular formula is C44H37IO6S2. The first kappa shape index (κ1) is 37.9. The second-order valence-electron chi connectivity index (χ2n) is 12.2. The van der Waals surface area contributed by atoms with Crippen molar-refractivity contribution in [2.45, 2.75) is 24.7 Å². The molecule has 1 aromatic heterocycles. The van der Waals surface area contributed by atoms with E-state index in [1.54, 1.807) is 23.5 Å². The lowest BCUT2D eigenvalue weighted by Crippen LogP contribution is -3.61. The standard InChI is InChI=1S/C16H14O5S.C16H14OS.C12H10I/c1-20-15-10-6-3-4-7-11(10)16(21-2)14-12(15)8-5-9-13(14)22(17,18)19;1-10(2)11-7-5-9-14-15(11)16(17)12-6-3-4-8-13(12)18-14;1-3-7-11(8-4-1)13-12-9-5-2-6-10-12/h3-9H,1-2H3,(H,17,18,19);3-10H,1-2H3;1-10H/q;;+1/p-1. The van der Waals surface area contributed by atoms with E-state index in [0.717, 1.165) is 31.1 Å². The summed E-state index contributed by atoms with van der Waals surface area (Å²) in [5, 5.41) is 3.98. The maximum Gasteiger partial charge on any atom is 0.357 e. The van der Waals surface area contributed by atoms with Gasteiger partial charge in [0.25, 0.3) is 0 Å². The van der Waals surface area contributed by atoms with Gasteiger partial charge >= 0.3 is 21.2 Å². The van der Waals surface area contributed by atoms with E-state index in [4.69, 9.17) is 9.47 Å². The molecule has 0 aliphatic carbocycles. The van der Waals surface area contributed by atoms with E-state index < -0.39 is 10.1 Å². The summed E-state index contributed by atoms with van der Waals surface area (Å²) in [6.45, 7) is 4.27. The predicted octanol–water partition coefficient (Wildman–Crippen LogP) is 7.27. The fraction of sp³-hybridized carbons (Fsp3) is 0.114. The highest BCUT2D eigenvalue weighted by molar-refractivity contribution is 7.86. The molecule has 8 aromatic rings. The Labute approximate surface area is 323 Å². The largest absolute Gasteiger partial charge is 0.744 e. The van der Waals surface area contributed by atoms with Gasteiger partial charge in [0.05, 0.1) is 19.1 Å². The molecule has 0 atom stereocenters. The normalized spacial score (nSPS) is 11.2. The quantitative estimate of drug-likeness (QED) is 0.0994. The van der Waals surface area contributed by atoms with Crippen LogP contribution in [0.2, 0.25) is 0 Å². The number of halogens is 1. The minimum atomic E-state index is -4.64. The number of hydrogen-bond donors (Lipinski definition) is 0. The molecule has 53 heavy (non-hydrogen) atoms. The second-order valence-corrected chi connectivity index (χ2v) is 17.7. The molecule has 0 aliphatic heterocycles. The third-order valence-corrected chi connectivity index (χ3v) is 13.2. The van der Waals surface area contributed by atoms with Crippen molar-refractivity contribution >= 4 is 63.2 Å². The number of methoxy groups -OCH3 is 2. The first-order chi connectivity index (χ1) is 25.6. The lowest BCUT2D eigenvalue weighted by Gasteiger charge is -2.18. The van der Waals surface area contributed by atoms with Crippen molar-refractivity contribution < 1.29 is 43.6 Å². The van der Waals surface area contributed by atoms with Gasteiger partial charge in [-0.25, -0.2) is 8.42 Å². The van der Waals surface area contributed by atoms with Crippen LogP contribution in [0.25, 0.3) is 41.7 Å². The highest BCUT2D eigenvalue weighted by Gasteiger charge is 2.20. The zero-order chi connectivity index (χ0) is 37.5. The molecule has 7 aromatic carbocycles. The third-order valence-electron chi connectivity index (χ3n) is 8.54. The first-order valence-corrected chi connectivity index (χ1v) is 21.2. The van der Waals surface area contributed by atoms with Gasteiger partial charge in [0.15, 0.2) is 12.6 Å². The molecule has 268 valence electrons. The number of ether oxygens (including phenoxy) is 2. The summed E-state index contributed by atoms with van der Waals surface area (Å²) in [5.41, 5.74) is 1.32.